The van der Waals surface area contributed by atoms with Crippen LogP contribution in [0.5, 0.6) is 0 Å². The van der Waals surface area contributed by atoms with Crippen molar-refractivity contribution in [3.63, 3.8) is 0 Å². The first-order valence-corrected chi connectivity index (χ1v) is 9.60. The molecule has 0 bridgehead atoms. The zero-order valence-corrected chi connectivity index (χ0v) is 16.0. The maximum absolute atomic E-state index is 12.8. The van der Waals surface area contributed by atoms with Crippen LogP contribution in [0.15, 0.2) is 54.6 Å². The van der Waals surface area contributed by atoms with E-state index in [2.05, 4.69) is 4.90 Å². The topological polar surface area (TPSA) is 59.5 Å². The second-order valence-electron chi connectivity index (χ2n) is 6.75. The number of Topliss-reactive ketones (excluding diaryl/α,β-unsaturated/α-hetero) is 1. The summed E-state index contributed by atoms with van der Waals surface area (Å²) >= 11 is 5.84. The van der Waals surface area contributed by atoms with Crippen LogP contribution in [-0.2, 0) is 4.74 Å². The summed E-state index contributed by atoms with van der Waals surface area (Å²) in [6.07, 6.45) is 2.14. The van der Waals surface area contributed by atoms with E-state index in [1.54, 1.807) is 30.3 Å². The molecule has 2 aromatic carbocycles. The van der Waals surface area contributed by atoms with E-state index >= 15 is 0 Å². The van der Waals surface area contributed by atoms with E-state index in [-0.39, 0.29) is 12.4 Å². The van der Waals surface area contributed by atoms with Crippen molar-refractivity contribution in [2.45, 2.75) is 12.8 Å². The summed E-state index contributed by atoms with van der Waals surface area (Å²) in [6, 6.07) is 16.0. The molecule has 142 valence electrons. The molecular weight excluding hydrogens is 376 g/mol. The lowest BCUT2D eigenvalue weighted by Crippen LogP contribution is -2.23. The summed E-state index contributed by atoms with van der Waals surface area (Å²) in [4.78, 5) is 31.9. The molecule has 0 amide bonds. The zero-order chi connectivity index (χ0) is 19.5. The van der Waals surface area contributed by atoms with Gasteiger partial charge in [0.2, 0.25) is 0 Å². The molecule has 1 saturated heterocycles. The minimum absolute atomic E-state index is 0.276. The SMILES string of the molecule is O=C(COC(=O)c1cc2ccccc2nc1N1CCCC1)c1ccc(Cl)cc1. The molecule has 0 atom stereocenters. The lowest BCUT2D eigenvalue weighted by Gasteiger charge is -2.20. The van der Waals surface area contributed by atoms with Crippen molar-refractivity contribution in [1.29, 1.82) is 0 Å². The number of hydrogen-bond donors (Lipinski definition) is 0. The number of anilines is 1. The molecule has 4 rings (SSSR count). The summed E-state index contributed by atoms with van der Waals surface area (Å²) in [6.45, 7) is 1.39. The quantitative estimate of drug-likeness (QED) is 0.470. The third-order valence-corrected chi connectivity index (χ3v) is 5.08. The maximum atomic E-state index is 12.8. The molecular formula is C22H19ClN2O3. The highest BCUT2D eigenvalue weighted by Crippen LogP contribution is 2.27. The monoisotopic (exact) mass is 394 g/mol. The Morgan fingerprint density at radius 2 is 1.75 bits per heavy atom. The minimum Gasteiger partial charge on any atom is -0.454 e. The van der Waals surface area contributed by atoms with E-state index in [4.69, 9.17) is 21.3 Å². The number of nitrogens with zero attached hydrogens (tertiary/aromatic N) is 2. The van der Waals surface area contributed by atoms with Gasteiger partial charge in [-0.3, -0.25) is 4.79 Å². The van der Waals surface area contributed by atoms with Crippen molar-refractivity contribution in [2.24, 2.45) is 0 Å². The van der Waals surface area contributed by atoms with Crippen molar-refractivity contribution in [3.05, 3.63) is 70.7 Å². The van der Waals surface area contributed by atoms with E-state index < -0.39 is 5.97 Å². The van der Waals surface area contributed by atoms with Gasteiger partial charge in [0.1, 0.15) is 11.4 Å². The standard InChI is InChI=1S/C22H19ClN2O3/c23-17-9-7-15(8-10-17)20(26)14-28-22(27)18-13-16-5-1-2-6-19(16)24-21(18)25-11-3-4-12-25/h1-2,5-10,13H,3-4,11-12,14H2. The van der Waals surface area contributed by atoms with Gasteiger partial charge in [-0.05, 0) is 49.2 Å². The maximum Gasteiger partial charge on any atom is 0.342 e. The molecule has 6 heteroatoms. The molecule has 2 heterocycles. The van der Waals surface area contributed by atoms with E-state index in [9.17, 15) is 9.59 Å². The number of carbonyl (C=O) groups excluding carboxylic acids is 2. The van der Waals surface area contributed by atoms with Crippen molar-refractivity contribution in [2.75, 3.05) is 24.6 Å². The molecule has 1 fully saturated rings. The Hall–Kier alpha value is -2.92. The minimum atomic E-state index is -0.539. The number of ketones is 1. The average Bonchev–Trinajstić information content (AvgIpc) is 3.26. The molecule has 1 aromatic heterocycles. The van der Waals surface area contributed by atoms with Crippen LogP contribution in [0.25, 0.3) is 10.9 Å². The fraction of sp³-hybridized carbons (Fsp3) is 0.227. The molecule has 1 aliphatic rings. The summed E-state index contributed by atoms with van der Waals surface area (Å²) in [5, 5.41) is 1.41. The number of rotatable bonds is 5. The Morgan fingerprint density at radius 3 is 2.50 bits per heavy atom. The highest BCUT2D eigenvalue weighted by Gasteiger charge is 2.23. The van der Waals surface area contributed by atoms with Crippen LogP contribution in [0.2, 0.25) is 5.02 Å². The number of aromatic nitrogens is 1. The number of esters is 1. The number of ether oxygens (including phenoxy) is 1. The van der Waals surface area contributed by atoms with Crippen LogP contribution in [-0.4, -0.2) is 36.4 Å². The first-order chi connectivity index (χ1) is 13.6. The van der Waals surface area contributed by atoms with E-state index in [0.717, 1.165) is 36.8 Å². The third-order valence-electron chi connectivity index (χ3n) is 4.83. The normalized spacial score (nSPS) is 13.7. The van der Waals surface area contributed by atoms with Gasteiger partial charge in [-0.1, -0.05) is 29.8 Å². The Morgan fingerprint density at radius 1 is 1.04 bits per heavy atom. The second kappa shape index (κ2) is 7.98. The van der Waals surface area contributed by atoms with E-state index in [1.807, 2.05) is 24.3 Å². The molecule has 28 heavy (non-hydrogen) atoms. The van der Waals surface area contributed by atoms with Gasteiger partial charge < -0.3 is 9.64 Å². The van der Waals surface area contributed by atoms with Crippen LogP contribution < -0.4 is 4.90 Å². The molecule has 3 aromatic rings. The van der Waals surface area contributed by atoms with Gasteiger partial charge in [0.25, 0.3) is 0 Å². The fourth-order valence-corrected chi connectivity index (χ4v) is 3.48. The first kappa shape index (κ1) is 18.4. The van der Waals surface area contributed by atoms with E-state index in [1.165, 1.54) is 0 Å². The van der Waals surface area contributed by atoms with Crippen molar-refractivity contribution >= 4 is 40.1 Å². The second-order valence-corrected chi connectivity index (χ2v) is 7.19. The lowest BCUT2D eigenvalue weighted by atomic mass is 10.1. The number of carbonyl (C=O) groups is 2. The Labute approximate surface area is 167 Å². The third kappa shape index (κ3) is 3.85. The number of para-hydroxylation sites is 1. The van der Waals surface area contributed by atoms with Crippen LogP contribution in [0, 0.1) is 0 Å². The average molecular weight is 395 g/mol. The van der Waals surface area contributed by atoms with Crippen LogP contribution in [0.1, 0.15) is 33.6 Å². The lowest BCUT2D eigenvalue weighted by molar-refractivity contribution is 0.0475. The van der Waals surface area contributed by atoms with Gasteiger partial charge in [-0.2, -0.15) is 0 Å². The van der Waals surface area contributed by atoms with E-state index in [0.29, 0.717) is 22.0 Å². The number of hydrogen-bond acceptors (Lipinski definition) is 5. The van der Waals surface area contributed by atoms with Gasteiger partial charge in [0.05, 0.1) is 5.52 Å². The van der Waals surface area contributed by atoms with Gasteiger partial charge in [-0.25, -0.2) is 9.78 Å². The molecule has 0 aliphatic carbocycles. The summed E-state index contributed by atoms with van der Waals surface area (Å²) < 4.78 is 5.34. The summed E-state index contributed by atoms with van der Waals surface area (Å²) in [5.41, 5.74) is 1.68. The van der Waals surface area contributed by atoms with Crippen molar-refractivity contribution in [1.82, 2.24) is 4.98 Å². The van der Waals surface area contributed by atoms with Gasteiger partial charge in [-0.15, -0.1) is 0 Å². The summed E-state index contributed by atoms with van der Waals surface area (Å²) in [7, 11) is 0. The van der Waals surface area contributed by atoms with Gasteiger partial charge in [0, 0.05) is 29.1 Å². The summed E-state index contributed by atoms with van der Waals surface area (Å²) in [5.74, 6) is -0.191. The van der Waals surface area contributed by atoms with Crippen molar-refractivity contribution < 1.29 is 14.3 Å². The Kier molecular flexibility index (Phi) is 5.26. The molecule has 0 unspecified atom stereocenters. The van der Waals surface area contributed by atoms with Crippen LogP contribution >= 0.6 is 11.6 Å². The Bertz CT molecular complexity index is 1030. The number of benzene rings is 2. The van der Waals surface area contributed by atoms with Crippen molar-refractivity contribution in [3.8, 4) is 0 Å². The van der Waals surface area contributed by atoms with Crippen LogP contribution in [0.3, 0.4) is 0 Å². The zero-order valence-electron chi connectivity index (χ0n) is 15.2. The predicted octanol–water partition coefficient (Wildman–Crippen LogP) is 4.53. The molecule has 0 N–H and O–H groups in total. The smallest absolute Gasteiger partial charge is 0.342 e. The molecule has 0 radical (unpaired) electrons. The Balaban J connectivity index is 1.58. The van der Waals surface area contributed by atoms with Gasteiger partial charge >= 0.3 is 5.97 Å². The first-order valence-electron chi connectivity index (χ1n) is 9.22. The van der Waals surface area contributed by atoms with Crippen LogP contribution in [0.4, 0.5) is 5.82 Å². The largest absolute Gasteiger partial charge is 0.454 e. The number of fused-ring (bicyclic) bond motifs is 1. The molecule has 0 spiro atoms. The molecule has 1 aliphatic heterocycles. The molecule has 0 saturated carbocycles. The van der Waals surface area contributed by atoms with Gasteiger partial charge in [0.15, 0.2) is 12.4 Å². The molecule has 5 nitrogen and oxygen atoms in total. The highest BCUT2D eigenvalue weighted by atomic mass is 35.5. The predicted molar refractivity (Wildman–Crippen MR) is 109 cm³/mol. The fourth-order valence-electron chi connectivity index (χ4n) is 3.35. The number of pyridine rings is 1. The number of halogens is 1. The highest BCUT2D eigenvalue weighted by molar-refractivity contribution is 6.30.